The highest BCUT2D eigenvalue weighted by Crippen LogP contribution is 2.42. The lowest BCUT2D eigenvalue weighted by molar-refractivity contribution is 0.119. The summed E-state index contributed by atoms with van der Waals surface area (Å²) >= 11 is 8.07. The third-order valence-corrected chi connectivity index (χ3v) is 6.70. The minimum Gasteiger partial charge on any atom is -0.481 e. The molecule has 1 atom stereocenters. The number of hydrogen-bond acceptors (Lipinski definition) is 7. The van der Waals surface area contributed by atoms with E-state index in [1.54, 1.807) is 25.0 Å². The highest BCUT2D eigenvalue weighted by Gasteiger charge is 2.40. The molecule has 0 saturated heterocycles. The average molecular weight is 430 g/mol. The maximum absolute atomic E-state index is 12.1. The van der Waals surface area contributed by atoms with Gasteiger partial charge in [0, 0.05) is 18.0 Å². The normalized spacial score (nSPS) is 13.6. The molecular weight excluding hydrogens is 410 g/mol. The lowest BCUT2D eigenvalue weighted by atomic mass is 9.87. The van der Waals surface area contributed by atoms with Crippen LogP contribution in [-0.4, -0.2) is 37.2 Å². The van der Waals surface area contributed by atoms with Crippen molar-refractivity contribution in [1.29, 1.82) is 0 Å². The van der Waals surface area contributed by atoms with Crippen LogP contribution in [0.1, 0.15) is 32.4 Å². The van der Waals surface area contributed by atoms with Crippen LogP contribution in [0.25, 0.3) is 10.9 Å². The van der Waals surface area contributed by atoms with Crippen LogP contribution in [0.15, 0.2) is 24.4 Å². The van der Waals surface area contributed by atoms with E-state index in [4.69, 9.17) is 16.3 Å². The van der Waals surface area contributed by atoms with Gasteiger partial charge < -0.3 is 9.84 Å². The smallest absolute Gasteiger partial charge is 0.218 e. The average Bonchev–Trinajstić information content (AvgIpc) is 3.28. The summed E-state index contributed by atoms with van der Waals surface area (Å²) in [6.45, 7) is 5.66. The molecule has 1 aromatic carbocycles. The third-order valence-electron chi connectivity index (χ3n) is 5.03. The fourth-order valence-electron chi connectivity index (χ4n) is 3.60. The molecule has 4 aromatic rings. The van der Waals surface area contributed by atoms with Crippen molar-refractivity contribution in [2.45, 2.75) is 26.4 Å². The summed E-state index contributed by atoms with van der Waals surface area (Å²) in [5, 5.41) is 22.2. The molecule has 0 radical (unpaired) electrons. The summed E-state index contributed by atoms with van der Waals surface area (Å²) in [4.78, 5) is 9.75. The van der Waals surface area contributed by atoms with E-state index in [0.717, 1.165) is 21.7 Å². The quantitative estimate of drug-likeness (QED) is 0.532. The Bertz CT molecular complexity index is 1240. The van der Waals surface area contributed by atoms with Crippen LogP contribution in [0.4, 0.5) is 0 Å². The molecular formula is C20H20ClN5O2S. The van der Waals surface area contributed by atoms with Gasteiger partial charge in [-0.1, -0.05) is 22.9 Å². The first-order valence-electron chi connectivity index (χ1n) is 8.93. The first-order valence-corrected chi connectivity index (χ1v) is 10.1. The minimum atomic E-state index is -1.49. The number of benzene rings is 1. The number of aromatic nitrogens is 5. The number of aryl methyl sites for hydroxylation is 3. The molecule has 0 saturated carbocycles. The van der Waals surface area contributed by atoms with Crippen molar-refractivity contribution < 1.29 is 9.84 Å². The Morgan fingerprint density at radius 1 is 1.21 bits per heavy atom. The number of rotatable bonds is 4. The zero-order valence-corrected chi connectivity index (χ0v) is 18.3. The summed E-state index contributed by atoms with van der Waals surface area (Å²) in [6, 6.07) is 5.52. The second kappa shape index (κ2) is 7.05. The Labute approximate surface area is 177 Å². The summed E-state index contributed by atoms with van der Waals surface area (Å²) in [5.41, 5.74) is 1.87. The molecule has 0 aliphatic carbocycles. The monoisotopic (exact) mass is 429 g/mol. The number of thiazole rings is 1. The van der Waals surface area contributed by atoms with Gasteiger partial charge in [-0.05, 0) is 38.5 Å². The van der Waals surface area contributed by atoms with Gasteiger partial charge in [-0.25, -0.2) is 14.6 Å². The Morgan fingerprint density at radius 3 is 2.55 bits per heavy atom. The topological polar surface area (TPSA) is 85.9 Å². The Kier molecular flexibility index (Phi) is 4.80. The molecule has 0 unspecified atom stereocenters. The molecule has 3 heterocycles. The number of halogens is 1. The van der Waals surface area contributed by atoms with Crippen molar-refractivity contribution in [3.05, 3.63) is 61.8 Å². The molecule has 0 aliphatic heterocycles. The van der Waals surface area contributed by atoms with E-state index in [9.17, 15) is 5.11 Å². The van der Waals surface area contributed by atoms with Crippen LogP contribution in [0.3, 0.4) is 0 Å². The number of pyridine rings is 1. The number of aliphatic hydroxyl groups is 1. The number of fused-ring (bicyclic) bond motifs is 1. The molecule has 0 aliphatic rings. The molecule has 0 amide bonds. The number of hydrogen-bond donors (Lipinski definition) is 1. The zero-order valence-electron chi connectivity index (χ0n) is 16.7. The van der Waals surface area contributed by atoms with E-state index < -0.39 is 5.60 Å². The van der Waals surface area contributed by atoms with Gasteiger partial charge >= 0.3 is 0 Å². The molecule has 0 spiro atoms. The second-order valence-corrected chi connectivity index (χ2v) is 8.47. The standard InChI is InChI=1S/C20H20ClN5O2S/c1-10-17(21)14-8-13(6-7-15(14)24-19(10)28-5)20(27,16-9-22-25-26(16)4)18-11(2)23-12(3)29-18/h6-9,27H,1-5H3/t20-/m1/s1. The van der Waals surface area contributed by atoms with Gasteiger partial charge in [0.05, 0.1) is 39.4 Å². The molecule has 0 bridgehead atoms. The molecule has 29 heavy (non-hydrogen) atoms. The predicted molar refractivity (Wildman–Crippen MR) is 113 cm³/mol. The van der Waals surface area contributed by atoms with E-state index in [2.05, 4.69) is 20.3 Å². The number of nitrogens with zero attached hydrogens (tertiary/aromatic N) is 5. The van der Waals surface area contributed by atoms with Gasteiger partial charge in [-0.2, -0.15) is 0 Å². The van der Waals surface area contributed by atoms with E-state index in [1.165, 1.54) is 11.3 Å². The predicted octanol–water partition coefficient (Wildman–Crippen LogP) is 3.69. The summed E-state index contributed by atoms with van der Waals surface area (Å²) in [7, 11) is 3.32. The zero-order chi connectivity index (χ0) is 20.9. The van der Waals surface area contributed by atoms with Crippen LogP contribution in [0, 0.1) is 20.8 Å². The molecule has 1 N–H and O–H groups in total. The van der Waals surface area contributed by atoms with Crippen molar-refractivity contribution in [2.24, 2.45) is 7.05 Å². The van der Waals surface area contributed by atoms with E-state index in [-0.39, 0.29) is 0 Å². The summed E-state index contributed by atoms with van der Waals surface area (Å²) in [5.74, 6) is 0.482. The van der Waals surface area contributed by atoms with E-state index in [1.807, 2.05) is 39.0 Å². The molecule has 4 rings (SSSR count). The van der Waals surface area contributed by atoms with Crippen LogP contribution in [-0.2, 0) is 12.6 Å². The van der Waals surface area contributed by atoms with Crippen LogP contribution in [0.2, 0.25) is 5.02 Å². The van der Waals surface area contributed by atoms with Crippen LogP contribution >= 0.6 is 22.9 Å². The van der Waals surface area contributed by atoms with Gasteiger partial charge in [0.25, 0.3) is 0 Å². The molecule has 3 aromatic heterocycles. The summed E-state index contributed by atoms with van der Waals surface area (Å²) in [6.07, 6.45) is 1.57. The fraction of sp³-hybridized carbons (Fsp3) is 0.300. The lowest BCUT2D eigenvalue weighted by Crippen LogP contribution is -2.31. The van der Waals surface area contributed by atoms with Gasteiger partial charge in [0.15, 0.2) is 5.60 Å². The van der Waals surface area contributed by atoms with Gasteiger partial charge in [-0.3, -0.25) is 0 Å². The van der Waals surface area contributed by atoms with Gasteiger partial charge in [0.1, 0.15) is 5.69 Å². The third kappa shape index (κ3) is 2.99. The van der Waals surface area contributed by atoms with Crippen molar-refractivity contribution in [3.63, 3.8) is 0 Å². The second-order valence-electron chi connectivity index (χ2n) is 6.89. The van der Waals surface area contributed by atoms with Crippen molar-refractivity contribution in [3.8, 4) is 5.88 Å². The number of methoxy groups -OCH3 is 1. The molecule has 9 heteroatoms. The fourth-order valence-corrected chi connectivity index (χ4v) is 4.88. The molecule has 7 nitrogen and oxygen atoms in total. The van der Waals surface area contributed by atoms with Gasteiger partial charge in [-0.15, -0.1) is 16.4 Å². The Hall–Kier alpha value is -2.55. The highest BCUT2D eigenvalue weighted by atomic mass is 35.5. The largest absolute Gasteiger partial charge is 0.481 e. The Balaban J connectivity index is 2.04. The SMILES string of the molecule is COc1nc2ccc([C@](O)(c3sc(C)nc3C)c3cnnn3C)cc2c(Cl)c1C. The van der Waals surface area contributed by atoms with Crippen LogP contribution < -0.4 is 4.74 Å². The van der Waals surface area contributed by atoms with Crippen molar-refractivity contribution in [1.82, 2.24) is 25.0 Å². The van der Waals surface area contributed by atoms with Crippen molar-refractivity contribution in [2.75, 3.05) is 7.11 Å². The molecule has 150 valence electrons. The lowest BCUT2D eigenvalue weighted by Gasteiger charge is -2.28. The van der Waals surface area contributed by atoms with E-state index >= 15 is 0 Å². The van der Waals surface area contributed by atoms with Crippen molar-refractivity contribution >= 4 is 33.8 Å². The maximum atomic E-state index is 12.1. The highest BCUT2D eigenvalue weighted by molar-refractivity contribution is 7.11. The van der Waals surface area contributed by atoms with Crippen LogP contribution in [0.5, 0.6) is 5.88 Å². The van der Waals surface area contributed by atoms with E-state index in [0.29, 0.717) is 32.6 Å². The number of ether oxygens (including phenoxy) is 1. The van der Waals surface area contributed by atoms with Gasteiger partial charge in [0.2, 0.25) is 5.88 Å². The first kappa shape index (κ1) is 19.8. The first-order chi connectivity index (χ1) is 13.8. The summed E-state index contributed by atoms with van der Waals surface area (Å²) < 4.78 is 6.89. The molecule has 0 fully saturated rings. The Morgan fingerprint density at radius 2 is 1.97 bits per heavy atom. The maximum Gasteiger partial charge on any atom is 0.218 e. The minimum absolute atomic E-state index is 0.482.